The second kappa shape index (κ2) is 7.77. The first-order valence-corrected chi connectivity index (χ1v) is 8.81. The maximum absolute atomic E-state index is 14.3. The van der Waals surface area contributed by atoms with E-state index in [4.69, 9.17) is 4.74 Å². The molecule has 1 aliphatic carbocycles. The Bertz CT molecular complexity index is 734. The van der Waals surface area contributed by atoms with Crippen LogP contribution in [0.15, 0.2) is 41.4 Å². The van der Waals surface area contributed by atoms with Crippen LogP contribution in [0, 0.1) is 11.6 Å². The normalized spacial score (nSPS) is 20.3. The minimum absolute atomic E-state index is 0.0482. The van der Waals surface area contributed by atoms with Crippen molar-refractivity contribution in [3.05, 3.63) is 53.6 Å². The molecule has 0 radical (unpaired) electrons. The number of hydrogen-bond donors (Lipinski definition) is 0. The molecule has 1 saturated carbocycles. The Labute approximate surface area is 147 Å². The van der Waals surface area contributed by atoms with Crippen molar-refractivity contribution in [1.29, 1.82) is 0 Å². The predicted octanol–water partition coefficient (Wildman–Crippen LogP) is 5.76. The van der Waals surface area contributed by atoms with Crippen LogP contribution in [-0.4, -0.2) is 19.4 Å². The number of rotatable bonds is 5. The minimum atomic E-state index is -0.932. The first kappa shape index (κ1) is 17.6. The number of nitrogens with zero attached hydrogens (tertiary/aromatic N) is 1. The van der Waals surface area contributed by atoms with E-state index in [0.29, 0.717) is 24.1 Å². The molecule has 2 aromatic carbocycles. The van der Waals surface area contributed by atoms with E-state index in [-0.39, 0.29) is 11.3 Å². The zero-order chi connectivity index (χ0) is 17.8. The van der Waals surface area contributed by atoms with Crippen LogP contribution in [-0.2, 0) is 0 Å². The van der Waals surface area contributed by atoms with Gasteiger partial charge in [-0.3, -0.25) is 4.99 Å². The third-order valence-corrected chi connectivity index (χ3v) is 4.99. The molecule has 3 rings (SSSR count). The molecule has 0 bridgehead atoms. The lowest BCUT2D eigenvalue weighted by Crippen LogP contribution is -2.15. The molecule has 2 aromatic rings. The lowest BCUT2D eigenvalue weighted by molar-refractivity contribution is 0.314. The molecule has 0 unspecified atom stereocenters. The molecule has 0 saturated heterocycles. The second-order valence-corrected chi connectivity index (χ2v) is 6.48. The average Bonchev–Trinajstić information content (AvgIpc) is 2.66. The summed E-state index contributed by atoms with van der Waals surface area (Å²) in [5.41, 5.74) is 2.18. The quantitative estimate of drug-likeness (QED) is 0.633. The first-order chi connectivity index (χ1) is 12.1. The minimum Gasteiger partial charge on any atom is -0.491 e. The molecule has 0 aromatic heterocycles. The van der Waals surface area contributed by atoms with E-state index in [1.165, 1.54) is 11.6 Å². The molecule has 0 spiro atoms. The van der Waals surface area contributed by atoms with Gasteiger partial charge < -0.3 is 4.74 Å². The van der Waals surface area contributed by atoms with E-state index in [1.807, 2.05) is 24.3 Å². The van der Waals surface area contributed by atoms with Crippen LogP contribution >= 0.6 is 0 Å². The van der Waals surface area contributed by atoms with Gasteiger partial charge in [0.05, 0.1) is 6.61 Å². The molecular weight excluding hydrogens is 320 g/mol. The van der Waals surface area contributed by atoms with Crippen molar-refractivity contribution in [1.82, 2.24) is 0 Å². The molecule has 0 N–H and O–H groups in total. The van der Waals surface area contributed by atoms with Crippen molar-refractivity contribution in [2.45, 2.75) is 44.6 Å². The zero-order valence-corrected chi connectivity index (χ0v) is 14.5. The fourth-order valence-corrected chi connectivity index (χ4v) is 3.55. The van der Waals surface area contributed by atoms with Gasteiger partial charge in [-0.25, -0.2) is 4.39 Å². The molecule has 0 aliphatic heterocycles. The van der Waals surface area contributed by atoms with Gasteiger partial charge in [-0.15, -0.1) is 0 Å². The Balaban J connectivity index is 1.79. The smallest absolute Gasteiger partial charge is 0.201 e. The summed E-state index contributed by atoms with van der Waals surface area (Å²) in [5, 5.41) is 0. The number of ether oxygens (including phenoxy) is 1. The lowest BCUT2D eigenvalue weighted by Gasteiger charge is -2.26. The highest BCUT2D eigenvalue weighted by molar-refractivity contribution is 5.65. The Morgan fingerprint density at radius 1 is 1.00 bits per heavy atom. The van der Waals surface area contributed by atoms with Gasteiger partial charge in [-0.05, 0) is 68.5 Å². The maximum atomic E-state index is 14.3. The van der Waals surface area contributed by atoms with Crippen molar-refractivity contribution in [3.8, 4) is 16.9 Å². The molecule has 25 heavy (non-hydrogen) atoms. The van der Waals surface area contributed by atoms with Crippen molar-refractivity contribution in [3.63, 3.8) is 0 Å². The Morgan fingerprint density at radius 2 is 1.68 bits per heavy atom. The van der Waals surface area contributed by atoms with Gasteiger partial charge in [0.15, 0.2) is 11.6 Å². The summed E-state index contributed by atoms with van der Waals surface area (Å²) in [6, 6.07) is 11.2. The first-order valence-electron chi connectivity index (χ1n) is 8.81. The highest BCUT2D eigenvalue weighted by Gasteiger charge is 2.21. The summed E-state index contributed by atoms with van der Waals surface area (Å²) < 4.78 is 33.5. The van der Waals surface area contributed by atoms with E-state index in [0.717, 1.165) is 25.7 Å². The molecule has 132 valence electrons. The summed E-state index contributed by atoms with van der Waals surface area (Å²) in [4.78, 5) is 4.13. The number of halogens is 2. The maximum Gasteiger partial charge on any atom is 0.201 e. The van der Waals surface area contributed by atoms with Crippen LogP contribution in [0.4, 0.5) is 8.78 Å². The van der Waals surface area contributed by atoms with Gasteiger partial charge in [-0.2, -0.15) is 4.39 Å². The Kier molecular flexibility index (Phi) is 5.47. The highest BCUT2D eigenvalue weighted by Crippen LogP contribution is 2.35. The standard InChI is InChI=1S/C21H23F2NO/c1-3-25-19-13-12-18(20(22)21(19)23)16-6-4-14(5-7-16)15-8-10-17(24-2)11-9-15/h4-7,12-13,15,17H,2-3,8-11H2,1H3. The third kappa shape index (κ3) is 3.73. The van der Waals surface area contributed by atoms with Crippen molar-refractivity contribution in [2.24, 2.45) is 4.99 Å². The van der Waals surface area contributed by atoms with Crippen LogP contribution in [0.25, 0.3) is 11.1 Å². The summed E-state index contributed by atoms with van der Waals surface area (Å²) in [6.45, 7) is 5.67. The number of benzene rings is 2. The van der Waals surface area contributed by atoms with Crippen LogP contribution in [0.2, 0.25) is 0 Å². The van der Waals surface area contributed by atoms with E-state index < -0.39 is 11.6 Å². The fraction of sp³-hybridized carbons (Fsp3) is 0.381. The van der Waals surface area contributed by atoms with Gasteiger partial charge in [0.2, 0.25) is 5.82 Å². The molecule has 4 heteroatoms. The van der Waals surface area contributed by atoms with Crippen molar-refractivity contribution >= 4 is 6.72 Å². The van der Waals surface area contributed by atoms with Crippen LogP contribution in [0.3, 0.4) is 0 Å². The molecule has 0 amide bonds. The third-order valence-electron chi connectivity index (χ3n) is 4.99. The summed E-state index contributed by atoms with van der Waals surface area (Å²) in [5.74, 6) is -1.34. The van der Waals surface area contributed by atoms with Crippen molar-refractivity contribution in [2.75, 3.05) is 6.61 Å². The van der Waals surface area contributed by atoms with E-state index in [1.54, 1.807) is 13.0 Å². The van der Waals surface area contributed by atoms with Crippen LogP contribution in [0.5, 0.6) is 5.75 Å². The molecular formula is C21H23F2NO. The molecule has 0 heterocycles. The van der Waals surface area contributed by atoms with Gasteiger partial charge in [0, 0.05) is 11.6 Å². The van der Waals surface area contributed by atoms with E-state index in [9.17, 15) is 8.78 Å². The fourth-order valence-electron chi connectivity index (χ4n) is 3.55. The lowest BCUT2D eigenvalue weighted by atomic mass is 9.81. The predicted molar refractivity (Wildman–Crippen MR) is 97.5 cm³/mol. The van der Waals surface area contributed by atoms with Crippen LogP contribution < -0.4 is 4.74 Å². The van der Waals surface area contributed by atoms with Gasteiger partial charge in [0.25, 0.3) is 0 Å². The van der Waals surface area contributed by atoms with Crippen molar-refractivity contribution < 1.29 is 13.5 Å². The number of aliphatic imine (C=N–C) groups is 1. The zero-order valence-electron chi connectivity index (χ0n) is 14.5. The van der Waals surface area contributed by atoms with E-state index >= 15 is 0 Å². The number of hydrogen-bond acceptors (Lipinski definition) is 2. The molecule has 1 fully saturated rings. The van der Waals surface area contributed by atoms with Gasteiger partial charge in [0.1, 0.15) is 0 Å². The summed E-state index contributed by atoms with van der Waals surface area (Å²) in [7, 11) is 0. The Morgan fingerprint density at radius 3 is 2.28 bits per heavy atom. The highest BCUT2D eigenvalue weighted by atomic mass is 19.2. The summed E-state index contributed by atoms with van der Waals surface area (Å²) in [6.07, 6.45) is 4.31. The summed E-state index contributed by atoms with van der Waals surface area (Å²) >= 11 is 0. The van der Waals surface area contributed by atoms with Gasteiger partial charge in [-0.1, -0.05) is 24.3 Å². The van der Waals surface area contributed by atoms with Crippen LogP contribution in [0.1, 0.15) is 44.1 Å². The SMILES string of the molecule is C=NC1CCC(c2ccc(-c3ccc(OCC)c(F)c3F)cc2)CC1. The molecule has 1 aliphatic rings. The molecule has 2 nitrogen and oxygen atoms in total. The Hall–Kier alpha value is -2.23. The monoisotopic (exact) mass is 343 g/mol. The molecule has 0 atom stereocenters. The van der Waals surface area contributed by atoms with E-state index in [2.05, 4.69) is 11.7 Å². The topological polar surface area (TPSA) is 21.6 Å². The largest absolute Gasteiger partial charge is 0.491 e. The van der Waals surface area contributed by atoms with Gasteiger partial charge >= 0.3 is 0 Å². The average molecular weight is 343 g/mol. The second-order valence-electron chi connectivity index (χ2n) is 6.48.